The predicted molar refractivity (Wildman–Crippen MR) is 107 cm³/mol. The highest BCUT2D eigenvalue weighted by molar-refractivity contribution is 6.05. The van der Waals surface area contributed by atoms with Gasteiger partial charge in [0.05, 0.1) is 35.1 Å². The molecule has 4 rings (SSSR count). The number of nitrogens with zero attached hydrogens (tertiary/aromatic N) is 3. The zero-order chi connectivity index (χ0) is 21.3. The van der Waals surface area contributed by atoms with Gasteiger partial charge in [-0.3, -0.25) is 0 Å². The number of alkyl halides is 2. The molecule has 6 nitrogen and oxygen atoms in total. The normalized spacial score (nSPS) is 11.1. The molecular formula is C22H17F2N3O3. The van der Waals surface area contributed by atoms with Gasteiger partial charge in [-0.05, 0) is 49.4 Å². The van der Waals surface area contributed by atoms with Crippen LogP contribution in [0.1, 0.15) is 16.1 Å². The minimum atomic E-state index is -2.90. The fraction of sp³-hybridized carbons (Fsp3) is 0.136. The highest BCUT2D eigenvalue weighted by atomic mass is 19.3. The monoisotopic (exact) mass is 409 g/mol. The molecule has 2 heterocycles. The molecule has 8 heteroatoms. The Kier molecular flexibility index (Phi) is 5.14. The third-order valence-corrected chi connectivity index (χ3v) is 4.59. The summed E-state index contributed by atoms with van der Waals surface area (Å²) >= 11 is 0. The second kappa shape index (κ2) is 7.90. The van der Waals surface area contributed by atoms with Crippen molar-refractivity contribution >= 4 is 17.0 Å². The van der Waals surface area contributed by atoms with E-state index in [9.17, 15) is 13.6 Å². The summed E-state index contributed by atoms with van der Waals surface area (Å²) in [5.74, 6) is -0.481. The molecule has 0 aliphatic carbocycles. The molecular weight excluding hydrogens is 392 g/mol. The molecule has 0 bridgehead atoms. The van der Waals surface area contributed by atoms with E-state index in [4.69, 9.17) is 9.72 Å². The SMILES string of the molecule is COC(=O)c1cc(-c2ccc(OC(F)F)cc2)nc2c1c(C)nn2-c1ccccc1. The van der Waals surface area contributed by atoms with Gasteiger partial charge in [0, 0.05) is 5.56 Å². The van der Waals surface area contributed by atoms with Crippen molar-refractivity contribution in [3.63, 3.8) is 0 Å². The van der Waals surface area contributed by atoms with Crippen molar-refractivity contribution < 1.29 is 23.0 Å². The third kappa shape index (κ3) is 3.59. The van der Waals surface area contributed by atoms with Gasteiger partial charge in [0.1, 0.15) is 5.75 Å². The van der Waals surface area contributed by atoms with E-state index in [1.165, 1.54) is 19.2 Å². The first-order chi connectivity index (χ1) is 14.5. The Balaban J connectivity index is 1.92. The lowest BCUT2D eigenvalue weighted by Crippen LogP contribution is -2.05. The van der Waals surface area contributed by atoms with Crippen LogP contribution in [0.15, 0.2) is 60.7 Å². The van der Waals surface area contributed by atoms with Gasteiger partial charge in [-0.25, -0.2) is 14.5 Å². The number of pyridine rings is 1. The topological polar surface area (TPSA) is 66.2 Å². The Labute approximate surface area is 170 Å². The van der Waals surface area contributed by atoms with E-state index in [0.717, 1.165) is 5.69 Å². The van der Waals surface area contributed by atoms with Crippen molar-refractivity contribution in [2.24, 2.45) is 0 Å². The first kappa shape index (κ1) is 19.5. The van der Waals surface area contributed by atoms with Crippen LogP contribution in [-0.2, 0) is 4.74 Å². The molecule has 0 aliphatic rings. The number of para-hydroxylation sites is 1. The number of hydrogen-bond donors (Lipinski definition) is 0. The minimum Gasteiger partial charge on any atom is -0.465 e. The van der Waals surface area contributed by atoms with E-state index < -0.39 is 12.6 Å². The molecule has 2 aromatic heterocycles. The molecule has 0 saturated carbocycles. The van der Waals surface area contributed by atoms with Crippen molar-refractivity contribution in [1.29, 1.82) is 0 Å². The number of aryl methyl sites for hydroxylation is 1. The number of benzene rings is 2. The van der Waals surface area contributed by atoms with Gasteiger partial charge in [-0.15, -0.1) is 0 Å². The fourth-order valence-corrected chi connectivity index (χ4v) is 3.26. The molecule has 2 aromatic carbocycles. The summed E-state index contributed by atoms with van der Waals surface area (Å²) in [6.45, 7) is -1.11. The number of esters is 1. The van der Waals surface area contributed by atoms with Crippen LogP contribution in [0, 0.1) is 6.92 Å². The van der Waals surface area contributed by atoms with Gasteiger partial charge < -0.3 is 9.47 Å². The Morgan fingerprint density at radius 2 is 1.77 bits per heavy atom. The molecule has 0 spiro atoms. The van der Waals surface area contributed by atoms with Crippen molar-refractivity contribution in [3.05, 3.63) is 71.9 Å². The van der Waals surface area contributed by atoms with Crippen molar-refractivity contribution in [1.82, 2.24) is 14.8 Å². The van der Waals surface area contributed by atoms with Crippen molar-refractivity contribution in [3.8, 4) is 22.7 Å². The van der Waals surface area contributed by atoms with Gasteiger partial charge in [0.15, 0.2) is 5.65 Å². The molecule has 0 fully saturated rings. The van der Waals surface area contributed by atoms with Gasteiger partial charge in [0.25, 0.3) is 0 Å². The summed E-state index contributed by atoms with van der Waals surface area (Å²) in [6, 6.07) is 17.1. The van der Waals surface area contributed by atoms with Crippen LogP contribution in [0.25, 0.3) is 28.0 Å². The number of aromatic nitrogens is 3. The van der Waals surface area contributed by atoms with E-state index in [1.807, 2.05) is 30.3 Å². The number of halogens is 2. The lowest BCUT2D eigenvalue weighted by Gasteiger charge is -2.09. The fourth-order valence-electron chi connectivity index (χ4n) is 3.26. The van der Waals surface area contributed by atoms with E-state index in [-0.39, 0.29) is 5.75 Å². The summed E-state index contributed by atoms with van der Waals surface area (Å²) in [5.41, 5.74) is 3.34. The van der Waals surface area contributed by atoms with Crippen LogP contribution in [0.5, 0.6) is 5.75 Å². The smallest absolute Gasteiger partial charge is 0.387 e. The first-order valence-electron chi connectivity index (χ1n) is 9.07. The van der Waals surface area contributed by atoms with Crippen LogP contribution in [0.4, 0.5) is 8.78 Å². The quantitative estimate of drug-likeness (QED) is 0.444. The van der Waals surface area contributed by atoms with Crippen molar-refractivity contribution in [2.45, 2.75) is 13.5 Å². The minimum absolute atomic E-state index is 0.0354. The average molecular weight is 409 g/mol. The number of methoxy groups -OCH3 is 1. The molecule has 152 valence electrons. The zero-order valence-corrected chi connectivity index (χ0v) is 16.2. The second-order valence-electron chi connectivity index (χ2n) is 6.48. The average Bonchev–Trinajstić information content (AvgIpc) is 3.10. The first-order valence-corrected chi connectivity index (χ1v) is 9.07. The number of fused-ring (bicyclic) bond motifs is 1. The zero-order valence-electron chi connectivity index (χ0n) is 16.2. The summed E-state index contributed by atoms with van der Waals surface area (Å²) in [4.78, 5) is 17.2. The summed E-state index contributed by atoms with van der Waals surface area (Å²) < 4.78 is 35.8. The molecule has 0 aliphatic heterocycles. The maximum absolute atomic E-state index is 12.5. The van der Waals surface area contributed by atoms with Gasteiger partial charge >= 0.3 is 12.6 Å². The van der Waals surface area contributed by atoms with Gasteiger partial charge in [0.2, 0.25) is 0 Å². The molecule has 0 unspecified atom stereocenters. The van der Waals surface area contributed by atoms with E-state index >= 15 is 0 Å². The number of ether oxygens (including phenoxy) is 2. The second-order valence-corrected chi connectivity index (χ2v) is 6.48. The standard InChI is InChI=1S/C22H17F2N3O3/c1-13-19-17(21(28)29-2)12-18(14-8-10-16(11-9-14)30-22(23)24)25-20(19)27(26-13)15-6-4-3-5-7-15/h3-12,22H,1-2H3. The van der Waals surface area contributed by atoms with Crippen LogP contribution in [0.2, 0.25) is 0 Å². The largest absolute Gasteiger partial charge is 0.465 e. The predicted octanol–water partition coefficient (Wildman–Crippen LogP) is 4.78. The molecule has 4 aromatic rings. The highest BCUT2D eigenvalue weighted by Gasteiger charge is 2.21. The Morgan fingerprint density at radius 1 is 1.07 bits per heavy atom. The summed E-state index contributed by atoms with van der Waals surface area (Å²) in [5, 5.41) is 5.15. The molecule has 0 atom stereocenters. The number of rotatable bonds is 5. The van der Waals surface area contributed by atoms with Gasteiger partial charge in [-0.2, -0.15) is 13.9 Å². The number of hydrogen-bond acceptors (Lipinski definition) is 5. The third-order valence-electron chi connectivity index (χ3n) is 4.59. The van der Waals surface area contributed by atoms with Crippen molar-refractivity contribution in [2.75, 3.05) is 7.11 Å². The lowest BCUT2D eigenvalue weighted by atomic mass is 10.1. The maximum atomic E-state index is 12.5. The Morgan fingerprint density at radius 3 is 2.40 bits per heavy atom. The molecule has 30 heavy (non-hydrogen) atoms. The van der Waals surface area contributed by atoms with Crippen LogP contribution < -0.4 is 4.74 Å². The number of carbonyl (C=O) groups is 1. The molecule has 0 saturated heterocycles. The Bertz CT molecular complexity index is 1210. The van der Waals surface area contributed by atoms with Crippen LogP contribution >= 0.6 is 0 Å². The Hall–Kier alpha value is -3.81. The van der Waals surface area contributed by atoms with E-state index in [0.29, 0.717) is 33.5 Å². The molecule has 0 radical (unpaired) electrons. The lowest BCUT2D eigenvalue weighted by molar-refractivity contribution is -0.0498. The summed E-state index contributed by atoms with van der Waals surface area (Å²) in [6.07, 6.45) is 0. The highest BCUT2D eigenvalue weighted by Crippen LogP contribution is 2.30. The maximum Gasteiger partial charge on any atom is 0.387 e. The number of carbonyl (C=O) groups excluding carboxylic acids is 1. The molecule has 0 amide bonds. The van der Waals surface area contributed by atoms with Crippen LogP contribution in [-0.4, -0.2) is 34.5 Å². The molecule has 0 N–H and O–H groups in total. The summed E-state index contributed by atoms with van der Waals surface area (Å²) in [7, 11) is 1.31. The van der Waals surface area contributed by atoms with Gasteiger partial charge in [-0.1, -0.05) is 18.2 Å². The van der Waals surface area contributed by atoms with E-state index in [2.05, 4.69) is 9.84 Å². The van der Waals surface area contributed by atoms with Crippen LogP contribution in [0.3, 0.4) is 0 Å². The van der Waals surface area contributed by atoms with E-state index in [1.54, 1.807) is 29.8 Å².